The predicted octanol–water partition coefficient (Wildman–Crippen LogP) is 1.70. The van der Waals surface area contributed by atoms with Crippen LogP contribution in [0.3, 0.4) is 0 Å². The Hall–Kier alpha value is -1.46. The molecule has 0 aliphatic heterocycles. The van der Waals surface area contributed by atoms with Crippen molar-refractivity contribution < 1.29 is 18.7 Å². The first-order chi connectivity index (χ1) is 9.10. The van der Waals surface area contributed by atoms with E-state index in [0.29, 0.717) is 25.0 Å². The van der Waals surface area contributed by atoms with Gasteiger partial charge in [-0.25, -0.2) is 4.39 Å². The summed E-state index contributed by atoms with van der Waals surface area (Å²) >= 11 is 0. The van der Waals surface area contributed by atoms with Crippen molar-refractivity contribution >= 4 is 5.78 Å². The maximum Gasteiger partial charge on any atom is 0.168 e. The first-order valence-corrected chi connectivity index (χ1v) is 6.18. The van der Waals surface area contributed by atoms with Gasteiger partial charge in [0.2, 0.25) is 0 Å². The van der Waals surface area contributed by atoms with Crippen molar-refractivity contribution in [2.24, 2.45) is 5.73 Å². The second-order valence-corrected chi connectivity index (χ2v) is 4.32. The van der Waals surface area contributed by atoms with Crippen LogP contribution >= 0.6 is 0 Å². The van der Waals surface area contributed by atoms with Crippen LogP contribution in [0.4, 0.5) is 4.39 Å². The van der Waals surface area contributed by atoms with E-state index in [2.05, 4.69) is 0 Å². The second kappa shape index (κ2) is 7.86. The van der Waals surface area contributed by atoms with E-state index in [1.807, 2.05) is 0 Å². The SMILES string of the molecule is COCCCC(N)C(=O)Cc1cccc(OC)c1F. The topological polar surface area (TPSA) is 61.5 Å². The van der Waals surface area contributed by atoms with Crippen molar-refractivity contribution in [3.8, 4) is 5.75 Å². The Morgan fingerprint density at radius 1 is 1.42 bits per heavy atom. The zero-order valence-corrected chi connectivity index (χ0v) is 11.3. The first kappa shape index (κ1) is 15.6. The van der Waals surface area contributed by atoms with Gasteiger partial charge in [-0.3, -0.25) is 4.79 Å². The molecule has 5 heteroatoms. The molecule has 1 aromatic rings. The summed E-state index contributed by atoms with van der Waals surface area (Å²) in [5.74, 6) is -0.538. The zero-order chi connectivity index (χ0) is 14.3. The number of halogens is 1. The number of carbonyl (C=O) groups excluding carboxylic acids is 1. The third-order valence-corrected chi connectivity index (χ3v) is 2.91. The van der Waals surface area contributed by atoms with Crippen LogP contribution in [0.25, 0.3) is 0 Å². The number of ether oxygens (including phenoxy) is 2. The van der Waals surface area contributed by atoms with Crippen LogP contribution < -0.4 is 10.5 Å². The van der Waals surface area contributed by atoms with E-state index in [-0.39, 0.29) is 18.0 Å². The highest BCUT2D eigenvalue weighted by Crippen LogP contribution is 2.20. The lowest BCUT2D eigenvalue weighted by Crippen LogP contribution is -2.32. The number of Topliss-reactive ketones (excluding diaryl/α,β-unsaturated/α-hetero) is 1. The number of ketones is 1. The predicted molar refractivity (Wildman–Crippen MR) is 70.7 cm³/mol. The van der Waals surface area contributed by atoms with Crippen LogP contribution in [0.2, 0.25) is 0 Å². The molecule has 1 atom stereocenters. The number of rotatable bonds is 8. The standard InChI is InChI=1S/C14H20FNO3/c1-18-8-4-6-11(16)12(17)9-10-5-3-7-13(19-2)14(10)15/h3,5,7,11H,4,6,8-9,16H2,1-2H3. The number of carbonyl (C=O) groups is 1. The quantitative estimate of drug-likeness (QED) is 0.730. The molecule has 0 aromatic heterocycles. The fourth-order valence-corrected chi connectivity index (χ4v) is 1.78. The fraction of sp³-hybridized carbons (Fsp3) is 0.500. The summed E-state index contributed by atoms with van der Waals surface area (Å²) in [6, 6.07) is 4.15. The lowest BCUT2D eigenvalue weighted by Gasteiger charge is -2.11. The molecule has 0 heterocycles. The number of hydrogen-bond acceptors (Lipinski definition) is 4. The molecule has 0 saturated carbocycles. The molecular formula is C14H20FNO3. The molecule has 106 valence electrons. The largest absolute Gasteiger partial charge is 0.494 e. The van der Waals surface area contributed by atoms with Gasteiger partial charge in [0, 0.05) is 20.1 Å². The summed E-state index contributed by atoms with van der Waals surface area (Å²) in [6.45, 7) is 0.564. The molecule has 1 rings (SSSR count). The molecule has 0 bridgehead atoms. The van der Waals surface area contributed by atoms with Crippen LogP contribution in [-0.2, 0) is 16.0 Å². The third-order valence-electron chi connectivity index (χ3n) is 2.91. The van der Waals surface area contributed by atoms with Gasteiger partial charge in [-0.05, 0) is 24.5 Å². The van der Waals surface area contributed by atoms with Crippen molar-refractivity contribution in [1.82, 2.24) is 0 Å². The highest BCUT2D eigenvalue weighted by atomic mass is 19.1. The lowest BCUT2D eigenvalue weighted by molar-refractivity contribution is -0.119. The van der Waals surface area contributed by atoms with Gasteiger partial charge in [0.05, 0.1) is 13.2 Å². The maximum absolute atomic E-state index is 13.9. The highest BCUT2D eigenvalue weighted by molar-refractivity contribution is 5.85. The third kappa shape index (κ3) is 4.61. The second-order valence-electron chi connectivity index (χ2n) is 4.32. The zero-order valence-electron chi connectivity index (χ0n) is 11.3. The molecule has 0 fully saturated rings. The van der Waals surface area contributed by atoms with Gasteiger partial charge in [-0.15, -0.1) is 0 Å². The average molecular weight is 269 g/mol. The minimum absolute atomic E-state index is 0.0167. The normalized spacial score (nSPS) is 12.2. The van der Waals surface area contributed by atoms with Crippen molar-refractivity contribution in [3.63, 3.8) is 0 Å². The lowest BCUT2D eigenvalue weighted by atomic mass is 10.0. The van der Waals surface area contributed by atoms with Gasteiger partial charge in [0.15, 0.2) is 17.3 Å². The summed E-state index contributed by atoms with van der Waals surface area (Å²) < 4.78 is 23.6. The van der Waals surface area contributed by atoms with Gasteiger partial charge in [-0.1, -0.05) is 12.1 Å². The van der Waals surface area contributed by atoms with Crippen LogP contribution in [-0.4, -0.2) is 32.7 Å². The molecule has 0 aliphatic rings. The van der Waals surface area contributed by atoms with Crippen molar-refractivity contribution in [2.45, 2.75) is 25.3 Å². The molecular weight excluding hydrogens is 249 g/mol. The Labute approximate surface area is 112 Å². The monoisotopic (exact) mass is 269 g/mol. The highest BCUT2D eigenvalue weighted by Gasteiger charge is 2.17. The van der Waals surface area contributed by atoms with E-state index in [1.165, 1.54) is 13.2 Å². The molecule has 0 aliphatic carbocycles. The van der Waals surface area contributed by atoms with E-state index in [1.54, 1.807) is 19.2 Å². The molecule has 0 saturated heterocycles. The van der Waals surface area contributed by atoms with E-state index in [4.69, 9.17) is 15.2 Å². The van der Waals surface area contributed by atoms with Crippen molar-refractivity contribution in [1.29, 1.82) is 0 Å². The molecule has 1 unspecified atom stereocenters. The van der Waals surface area contributed by atoms with E-state index < -0.39 is 11.9 Å². The average Bonchev–Trinajstić information content (AvgIpc) is 2.41. The fourth-order valence-electron chi connectivity index (χ4n) is 1.78. The van der Waals surface area contributed by atoms with Gasteiger partial charge in [0.1, 0.15) is 0 Å². The minimum Gasteiger partial charge on any atom is -0.494 e. The van der Waals surface area contributed by atoms with Crippen molar-refractivity contribution in [2.75, 3.05) is 20.8 Å². The summed E-state index contributed by atoms with van der Waals surface area (Å²) in [5, 5.41) is 0. The molecule has 4 nitrogen and oxygen atoms in total. The summed E-state index contributed by atoms with van der Waals surface area (Å²) in [5.41, 5.74) is 6.08. The number of methoxy groups -OCH3 is 2. The molecule has 19 heavy (non-hydrogen) atoms. The molecule has 0 amide bonds. The molecule has 0 spiro atoms. The first-order valence-electron chi connectivity index (χ1n) is 6.18. The number of nitrogens with two attached hydrogens (primary N) is 1. The minimum atomic E-state index is -0.583. The number of benzene rings is 1. The molecule has 2 N–H and O–H groups in total. The van der Waals surface area contributed by atoms with Gasteiger partial charge in [-0.2, -0.15) is 0 Å². The summed E-state index contributed by atoms with van der Waals surface area (Å²) in [6.07, 6.45) is 1.24. The Bertz CT molecular complexity index is 423. The van der Waals surface area contributed by atoms with Gasteiger partial charge >= 0.3 is 0 Å². The van der Waals surface area contributed by atoms with Crippen LogP contribution in [0, 0.1) is 5.82 Å². The molecule has 0 radical (unpaired) electrons. The molecule has 1 aromatic carbocycles. The van der Waals surface area contributed by atoms with Crippen LogP contribution in [0.15, 0.2) is 18.2 Å². The Morgan fingerprint density at radius 2 is 2.16 bits per heavy atom. The van der Waals surface area contributed by atoms with Crippen LogP contribution in [0.1, 0.15) is 18.4 Å². The summed E-state index contributed by atoms with van der Waals surface area (Å²) in [4.78, 5) is 11.9. The Kier molecular flexibility index (Phi) is 6.45. The van der Waals surface area contributed by atoms with E-state index >= 15 is 0 Å². The Balaban J connectivity index is 2.61. The smallest absolute Gasteiger partial charge is 0.168 e. The van der Waals surface area contributed by atoms with Crippen LogP contribution in [0.5, 0.6) is 5.75 Å². The Morgan fingerprint density at radius 3 is 2.79 bits per heavy atom. The van der Waals surface area contributed by atoms with Crippen molar-refractivity contribution in [3.05, 3.63) is 29.6 Å². The van der Waals surface area contributed by atoms with Gasteiger partial charge in [0.25, 0.3) is 0 Å². The maximum atomic E-state index is 13.9. The number of hydrogen-bond donors (Lipinski definition) is 1. The summed E-state index contributed by atoms with van der Waals surface area (Å²) in [7, 11) is 2.99. The van der Waals surface area contributed by atoms with Gasteiger partial charge < -0.3 is 15.2 Å². The van der Waals surface area contributed by atoms with E-state index in [0.717, 1.165) is 0 Å². The van der Waals surface area contributed by atoms with E-state index in [9.17, 15) is 9.18 Å².